The van der Waals surface area contributed by atoms with Gasteiger partial charge in [0.1, 0.15) is 6.61 Å². The van der Waals surface area contributed by atoms with E-state index in [1.807, 2.05) is 42.5 Å². The highest BCUT2D eigenvalue weighted by Gasteiger charge is 2.13. The van der Waals surface area contributed by atoms with Crippen molar-refractivity contribution in [3.63, 3.8) is 0 Å². The van der Waals surface area contributed by atoms with E-state index < -0.39 is 4.92 Å². The maximum Gasteiger partial charge on any atom is 0.310 e. The van der Waals surface area contributed by atoms with E-state index in [2.05, 4.69) is 12.1 Å². The van der Waals surface area contributed by atoms with E-state index >= 15 is 0 Å². The third-order valence-corrected chi connectivity index (χ3v) is 3.52. The Morgan fingerprint density at radius 2 is 1.39 bits per heavy atom. The van der Waals surface area contributed by atoms with Crippen molar-refractivity contribution >= 4 is 5.69 Å². The summed E-state index contributed by atoms with van der Waals surface area (Å²) in [7, 11) is 0. The lowest BCUT2D eigenvalue weighted by Gasteiger charge is -2.08. The molecule has 0 fully saturated rings. The van der Waals surface area contributed by atoms with Crippen molar-refractivity contribution in [3.05, 3.63) is 94.5 Å². The van der Waals surface area contributed by atoms with Crippen LogP contribution < -0.4 is 4.74 Å². The van der Waals surface area contributed by atoms with Crippen molar-refractivity contribution in [2.24, 2.45) is 0 Å². The molecule has 0 radical (unpaired) electrons. The van der Waals surface area contributed by atoms with Gasteiger partial charge in [-0.3, -0.25) is 10.1 Å². The van der Waals surface area contributed by atoms with E-state index in [9.17, 15) is 10.1 Å². The summed E-state index contributed by atoms with van der Waals surface area (Å²) in [6.45, 7) is 0.292. The van der Waals surface area contributed by atoms with Crippen LogP contribution in [0.4, 0.5) is 5.69 Å². The van der Waals surface area contributed by atoms with Gasteiger partial charge in [0, 0.05) is 6.07 Å². The number of benzene rings is 3. The number of hydrogen-bond acceptors (Lipinski definition) is 3. The molecule has 0 aromatic heterocycles. The van der Waals surface area contributed by atoms with Gasteiger partial charge in [0.05, 0.1) is 4.92 Å². The Bertz CT molecular complexity index is 798. The van der Waals surface area contributed by atoms with Crippen molar-refractivity contribution in [3.8, 4) is 16.9 Å². The van der Waals surface area contributed by atoms with Crippen LogP contribution >= 0.6 is 0 Å². The molecule has 114 valence electrons. The lowest BCUT2D eigenvalue weighted by atomic mass is 10.0. The molecule has 0 N–H and O–H groups in total. The molecule has 0 atom stereocenters. The minimum atomic E-state index is -0.437. The first-order valence-corrected chi connectivity index (χ1v) is 7.24. The highest BCUT2D eigenvalue weighted by atomic mass is 16.6. The van der Waals surface area contributed by atoms with Crippen LogP contribution in [0.5, 0.6) is 5.75 Å². The number of nitro groups is 1. The summed E-state index contributed by atoms with van der Waals surface area (Å²) in [6.07, 6.45) is 0. The van der Waals surface area contributed by atoms with Gasteiger partial charge >= 0.3 is 5.69 Å². The van der Waals surface area contributed by atoms with Gasteiger partial charge in [0.15, 0.2) is 5.75 Å². The van der Waals surface area contributed by atoms with Crippen molar-refractivity contribution < 1.29 is 9.66 Å². The molecule has 0 aliphatic heterocycles. The summed E-state index contributed by atoms with van der Waals surface area (Å²) in [5, 5.41) is 11.0. The van der Waals surface area contributed by atoms with Gasteiger partial charge in [-0.25, -0.2) is 0 Å². The SMILES string of the molecule is O=[N+]([O-])c1ccccc1OCc1ccc(-c2ccccc2)cc1. The average Bonchev–Trinajstić information content (AvgIpc) is 2.61. The predicted octanol–water partition coefficient (Wildman–Crippen LogP) is 4.84. The third kappa shape index (κ3) is 3.55. The van der Waals surface area contributed by atoms with E-state index in [4.69, 9.17) is 4.74 Å². The third-order valence-electron chi connectivity index (χ3n) is 3.52. The van der Waals surface area contributed by atoms with E-state index in [-0.39, 0.29) is 11.4 Å². The van der Waals surface area contributed by atoms with Gasteiger partial charge < -0.3 is 4.74 Å². The van der Waals surface area contributed by atoms with E-state index in [1.165, 1.54) is 6.07 Å². The maximum absolute atomic E-state index is 11.0. The highest BCUT2D eigenvalue weighted by Crippen LogP contribution is 2.27. The number of para-hydroxylation sites is 2. The zero-order valence-corrected chi connectivity index (χ0v) is 12.4. The summed E-state index contributed by atoms with van der Waals surface area (Å²) >= 11 is 0. The van der Waals surface area contributed by atoms with E-state index in [0.29, 0.717) is 6.61 Å². The topological polar surface area (TPSA) is 52.4 Å². The van der Waals surface area contributed by atoms with Crippen molar-refractivity contribution in [2.75, 3.05) is 0 Å². The Kier molecular flexibility index (Phi) is 4.34. The molecule has 3 aromatic rings. The Labute approximate surface area is 134 Å². The Hall–Kier alpha value is -3.14. The second-order valence-corrected chi connectivity index (χ2v) is 5.08. The van der Waals surface area contributed by atoms with E-state index in [0.717, 1.165) is 16.7 Å². The molecule has 3 rings (SSSR count). The Balaban J connectivity index is 1.71. The van der Waals surface area contributed by atoms with Crippen LogP contribution in [0.15, 0.2) is 78.9 Å². The molecule has 3 aromatic carbocycles. The summed E-state index contributed by atoms with van der Waals surface area (Å²) < 4.78 is 5.59. The number of rotatable bonds is 5. The molecule has 0 aliphatic carbocycles. The molecule has 0 saturated carbocycles. The number of nitrogens with zero attached hydrogens (tertiary/aromatic N) is 1. The van der Waals surface area contributed by atoms with Gasteiger partial charge in [-0.15, -0.1) is 0 Å². The van der Waals surface area contributed by atoms with Crippen molar-refractivity contribution in [1.82, 2.24) is 0 Å². The van der Waals surface area contributed by atoms with Gasteiger partial charge in [-0.05, 0) is 22.8 Å². The summed E-state index contributed by atoms with van der Waals surface area (Å²) in [4.78, 5) is 10.5. The lowest BCUT2D eigenvalue weighted by molar-refractivity contribution is -0.385. The monoisotopic (exact) mass is 305 g/mol. The summed E-state index contributed by atoms with van der Waals surface area (Å²) in [5.74, 6) is 0.282. The minimum Gasteiger partial charge on any atom is -0.482 e. The lowest BCUT2D eigenvalue weighted by Crippen LogP contribution is -1.98. The molecule has 4 heteroatoms. The molecular formula is C19H15NO3. The highest BCUT2D eigenvalue weighted by molar-refractivity contribution is 5.63. The van der Waals surface area contributed by atoms with Crippen molar-refractivity contribution in [2.45, 2.75) is 6.61 Å². The first-order valence-electron chi connectivity index (χ1n) is 7.24. The molecule has 0 saturated heterocycles. The molecule has 0 heterocycles. The maximum atomic E-state index is 11.0. The summed E-state index contributed by atoms with van der Waals surface area (Å²) in [5.41, 5.74) is 3.22. The predicted molar refractivity (Wildman–Crippen MR) is 89.3 cm³/mol. The number of hydrogen-bond donors (Lipinski definition) is 0. The van der Waals surface area contributed by atoms with Crippen LogP contribution in [0.2, 0.25) is 0 Å². The summed E-state index contributed by atoms with van der Waals surface area (Å²) in [6, 6.07) is 24.5. The van der Waals surface area contributed by atoms with Crippen LogP contribution in [-0.2, 0) is 6.61 Å². The Morgan fingerprint density at radius 1 is 0.783 bits per heavy atom. The standard InChI is InChI=1S/C19H15NO3/c21-20(22)18-8-4-5-9-19(18)23-14-15-10-12-17(13-11-15)16-6-2-1-3-7-16/h1-13H,14H2. The fourth-order valence-corrected chi connectivity index (χ4v) is 2.32. The Morgan fingerprint density at radius 3 is 2.09 bits per heavy atom. The smallest absolute Gasteiger partial charge is 0.310 e. The van der Waals surface area contributed by atoms with Gasteiger partial charge in [-0.1, -0.05) is 66.7 Å². The molecule has 0 aliphatic rings. The second kappa shape index (κ2) is 6.75. The second-order valence-electron chi connectivity index (χ2n) is 5.08. The fourth-order valence-electron chi connectivity index (χ4n) is 2.32. The number of nitro benzene ring substituents is 1. The van der Waals surface area contributed by atoms with Crippen LogP contribution in [0.25, 0.3) is 11.1 Å². The normalized spacial score (nSPS) is 10.3. The average molecular weight is 305 g/mol. The van der Waals surface area contributed by atoms with Crippen LogP contribution in [-0.4, -0.2) is 4.92 Å². The number of ether oxygens (including phenoxy) is 1. The largest absolute Gasteiger partial charge is 0.482 e. The molecule has 0 unspecified atom stereocenters. The zero-order valence-electron chi connectivity index (χ0n) is 12.4. The van der Waals surface area contributed by atoms with Crippen LogP contribution in [0.3, 0.4) is 0 Å². The fraction of sp³-hybridized carbons (Fsp3) is 0.0526. The van der Waals surface area contributed by atoms with Crippen LogP contribution in [0, 0.1) is 10.1 Å². The first kappa shape index (κ1) is 14.8. The quantitative estimate of drug-likeness (QED) is 0.500. The first-order chi connectivity index (χ1) is 11.2. The molecule has 0 spiro atoms. The van der Waals surface area contributed by atoms with Gasteiger partial charge in [-0.2, -0.15) is 0 Å². The molecule has 0 bridgehead atoms. The molecule has 4 nitrogen and oxygen atoms in total. The van der Waals surface area contributed by atoms with Gasteiger partial charge in [0.25, 0.3) is 0 Å². The van der Waals surface area contributed by atoms with E-state index in [1.54, 1.807) is 18.2 Å². The van der Waals surface area contributed by atoms with Crippen LogP contribution in [0.1, 0.15) is 5.56 Å². The van der Waals surface area contributed by atoms with Crippen molar-refractivity contribution in [1.29, 1.82) is 0 Å². The van der Waals surface area contributed by atoms with Gasteiger partial charge in [0.2, 0.25) is 0 Å². The zero-order chi connectivity index (χ0) is 16.1. The molecule has 23 heavy (non-hydrogen) atoms. The molecular weight excluding hydrogens is 290 g/mol. The minimum absolute atomic E-state index is 0.0200. The molecule has 0 amide bonds.